The van der Waals surface area contributed by atoms with Crippen molar-refractivity contribution in [1.29, 1.82) is 0 Å². The van der Waals surface area contributed by atoms with E-state index in [1.54, 1.807) is 6.33 Å². The monoisotopic (exact) mass is 314 g/mol. The third-order valence-corrected chi connectivity index (χ3v) is 3.99. The molecule has 5 nitrogen and oxygen atoms in total. The fourth-order valence-electron chi connectivity index (χ4n) is 2.51. The number of benzene rings is 1. The van der Waals surface area contributed by atoms with Gasteiger partial charge in [0.2, 0.25) is 5.91 Å². The maximum Gasteiger partial charge on any atom is 0.237 e. The van der Waals surface area contributed by atoms with Crippen molar-refractivity contribution >= 4 is 5.91 Å². The zero-order valence-corrected chi connectivity index (χ0v) is 13.9. The van der Waals surface area contributed by atoms with Crippen molar-refractivity contribution in [2.75, 3.05) is 0 Å². The highest BCUT2D eigenvalue weighted by Gasteiger charge is 2.17. The Balaban J connectivity index is 1.89. The van der Waals surface area contributed by atoms with E-state index in [0.717, 1.165) is 25.1 Å². The van der Waals surface area contributed by atoms with Gasteiger partial charge in [-0.3, -0.25) is 4.79 Å². The highest BCUT2D eigenvalue weighted by atomic mass is 16.2. The first-order valence-electron chi connectivity index (χ1n) is 8.22. The molecule has 124 valence electrons. The largest absolute Gasteiger partial charge is 0.352 e. The van der Waals surface area contributed by atoms with Crippen molar-refractivity contribution in [1.82, 2.24) is 14.9 Å². The molecule has 0 fully saturated rings. The van der Waals surface area contributed by atoms with E-state index >= 15 is 0 Å². The molecule has 0 aliphatic heterocycles. The minimum Gasteiger partial charge on any atom is -0.352 e. The molecule has 1 aromatic carbocycles. The number of carbonyl (C=O) groups is 1. The maximum atomic E-state index is 12.1. The molecular weight excluding hydrogens is 288 g/mol. The first-order valence-corrected chi connectivity index (χ1v) is 8.22. The molecule has 0 saturated heterocycles. The zero-order valence-electron chi connectivity index (χ0n) is 13.9. The molecule has 0 aliphatic rings. The second kappa shape index (κ2) is 8.48. The van der Waals surface area contributed by atoms with Crippen LogP contribution in [0.3, 0.4) is 0 Å². The van der Waals surface area contributed by atoms with Gasteiger partial charge in [-0.15, -0.1) is 0 Å². The summed E-state index contributed by atoms with van der Waals surface area (Å²) in [4.78, 5) is 16.5. The summed E-state index contributed by atoms with van der Waals surface area (Å²) in [6.45, 7) is 4.89. The van der Waals surface area contributed by atoms with Crippen molar-refractivity contribution in [2.45, 2.75) is 51.7 Å². The number of nitrogens with zero attached hydrogens (tertiary/aromatic N) is 2. The van der Waals surface area contributed by atoms with Crippen LogP contribution in [-0.2, 0) is 17.8 Å². The Labute approximate surface area is 137 Å². The van der Waals surface area contributed by atoms with Gasteiger partial charge in [-0.25, -0.2) is 4.98 Å². The van der Waals surface area contributed by atoms with E-state index in [0.29, 0.717) is 6.42 Å². The Morgan fingerprint density at radius 3 is 2.61 bits per heavy atom. The number of aromatic nitrogens is 2. The number of hydrogen-bond acceptors (Lipinski definition) is 3. The standard InChI is InChI=1S/C18H26N4O/c1-3-15(4-2)21-18(23)17(19)10-16-12-22(13-20-16)11-14-8-6-5-7-9-14/h5-9,12-13,15,17H,3-4,10-11,19H2,1-2H3,(H,21,23)/t17-/m0/s1. The molecule has 1 aromatic heterocycles. The average molecular weight is 314 g/mol. The molecule has 0 unspecified atom stereocenters. The Bertz CT molecular complexity index is 604. The van der Waals surface area contributed by atoms with E-state index in [-0.39, 0.29) is 11.9 Å². The summed E-state index contributed by atoms with van der Waals surface area (Å²) in [5, 5.41) is 2.98. The zero-order chi connectivity index (χ0) is 16.7. The normalized spacial score (nSPS) is 12.3. The van der Waals surface area contributed by atoms with Crippen molar-refractivity contribution in [3.8, 4) is 0 Å². The second-order valence-electron chi connectivity index (χ2n) is 5.86. The third kappa shape index (κ3) is 5.21. The van der Waals surface area contributed by atoms with Crippen LogP contribution >= 0.6 is 0 Å². The molecule has 0 radical (unpaired) electrons. The van der Waals surface area contributed by atoms with Crippen LogP contribution in [0.2, 0.25) is 0 Å². The molecule has 1 amide bonds. The molecule has 23 heavy (non-hydrogen) atoms. The number of imidazole rings is 1. The Kier molecular flexibility index (Phi) is 6.35. The second-order valence-corrected chi connectivity index (χ2v) is 5.86. The van der Waals surface area contributed by atoms with Gasteiger partial charge < -0.3 is 15.6 Å². The number of carbonyl (C=O) groups excluding carboxylic acids is 1. The van der Waals surface area contributed by atoms with Gasteiger partial charge in [-0.1, -0.05) is 44.2 Å². The van der Waals surface area contributed by atoms with Crippen molar-refractivity contribution in [3.05, 3.63) is 54.1 Å². The number of nitrogens with two attached hydrogens (primary N) is 1. The van der Waals surface area contributed by atoms with Crippen molar-refractivity contribution < 1.29 is 4.79 Å². The van der Waals surface area contributed by atoms with Gasteiger partial charge in [0.15, 0.2) is 0 Å². The summed E-state index contributed by atoms with van der Waals surface area (Å²) < 4.78 is 2.01. The minimum atomic E-state index is -0.560. The minimum absolute atomic E-state index is 0.101. The smallest absolute Gasteiger partial charge is 0.237 e. The van der Waals surface area contributed by atoms with Crippen LogP contribution in [0.5, 0.6) is 0 Å². The molecule has 1 atom stereocenters. The fourth-order valence-corrected chi connectivity index (χ4v) is 2.51. The van der Waals surface area contributed by atoms with Crippen LogP contribution < -0.4 is 11.1 Å². The summed E-state index contributed by atoms with van der Waals surface area (Å²) in [7, 11) is 0. The molecule has 0 saturated carbocycles. The lowest BCUT2D eigenvalue weighted by atomic mass is 10.1. The van der Waals surface area contributed by atoms with Gasteiger partial charge in [0.05, 0.1) is 18.1 Å². The third-order valence-electron chi connectivity index (χ3n) is 3.99. The Hall–Kier alpha value is -2.14. The van der Waals surface area contributed by atoms with E-state index in [2.05, 4.69) is 36.3 Å². The highest BCUT2D eigenvalue weighted by Crippen LogP contribution is 2.06. The molecule has 0 bridgehead atoms. The van der Waals surface area contributed by atoms with Gasteiger partial charge in [0, 0.05) is 25.2 Å². The quantitative estimate of drug-likeness (QED) is 0.784. The summed E-state index contributed by atoms with van der Waals surface area (Å²) in [5.41, 5.74) is 8.06. The Morgan fingerprint density at radius 2 is 1.96 bits per heavy atom. The SMILES string of the molecule is CCC(CC)NC(=O)[C@@H](N)Cc1cn(Cc2ccccc2)cn1. The fraction of sp³-hybridized carbons (Fsp3) is 0.444. The van der Waals surface area contributed by atoms with Crippen LogP contribution in [-0.4, -0.2) is 27.5 Å². The van der Waals surface area contributed by atoms with Crippen LogP contribution in [0.1, 0.15) is 37.9 Å². The van der Waals surface area contributed by atoms with Gasteiger partial charge >= 0.3 is 0 Å². The summed E-state index contributed by atoms with van der Waals surface area (Å²) in [5.74, 6) is -0.101. The van der Waals surface area contributed by atoms with E-state index in [4.69, 9.17) is 5.73 Å². The van der Waals surface area contributed by atoms with Crippen LogP contribution in [0, 0.1) is 0 Å². The molecule has 0 aliphatic carbocycles. The maximum absolute atomic E-state index is 12.1. The molecular formula is C18H26N4O. The number of hydrogen-bond donors (Lipinski definition) is 2. The van der Waals surface area contributed by atoms with E-state index < -0.39 is 6.04 Å². The predicted octanol–water partition coefficient (Wildman–Crippen LogP) is 2.11. The summed E-state index contributed by atoms with van der Waals surface area (Å²) >= 11 is 0. The lowest BCUT2D eigenvalue weighted by Gasteiger charge is -2.17. The average Bonchev–Trinajstić information content (AvgIpc) is 3.00. The number of nitrogens with one attached hydrogen (secondary N) is 1. The summed E-state index contributed by atoms with van der Waals surface area (Å²) in [6, 6.07) is 9.83. The topological polar surface area (TPSA) is 72.9 Å². The molecule has 2 rings (SSSR count). The molecule has 0 spiro atoms. The van der Waals surface area contributed by atoms with Crippen LogP contribution in [0.4, 0.5) is 0 Å². The lowest BCUT2D eigenvalue weighted by molar-refractivity contribution is -0.123. The molecule has 2 aromatic rings. The van der Waals surface area contributed by atoms with Crippen LogP contribution in [0.15, 0.2) is 42.9 Å². The molecule has 3 N–H and O–H groups in total. The predicted molar refractivity (Wildman–Crippen MR) is 92.0 cm³/mol. The van der Waals surface area contributed by atoms with Gasteiger partial charge in [-0.05, 0) is 18.4 Å². The van der Waals surface area contributed by atoms with Crippen molar-refractivity contribution in [3.63, 3.8) is 0 Å². The first-order chi connectivity index (χ1) is 11.1. The van der Waals surface area contributed by atoms with E-state index in [1.807, 2.05) is 29.0 Å². The first kappa shape index (κ1) is 17.2. The van der Waals surface area contributed by atoms with Gasteiger partial charge in [-0.2, -0.15) is 0 Å². The van der Waals surface area contributed by atoms with Gasteiger partial charge in [0.25, 0.3) is 0 Å². The highest BCUT2D eigenvalue weighted by molar-refractivity contribution is 5.82. The molecule has 1 heterocycles. The molecule has 5 heteroatoms. The van der Waals surface area contributed by atoms with Crippen LogP contribution in [0.25, 0.3) is 0 Å². The van der Waals surface area contributed by atoms with Crippen molar-refractivity contribution in [2.24, 2.45) is 5.73 Å². The number of rotatable bonds is 8. The summed E-state index contributed by atoms with van der Waals surface area (Å²) in [6.07, 6.45) is 6.03. The Morgan fingerprint density at radius 1 is 1.26 bits per heavy atom. The number of amides is 1. The lowest BCUT2D eigenvalue weighted by Crippen LogP contribution is -2.46. The van der Waals surface area contributed by atoms with Gasteiger partial charge in [0.1, 0.15) is 0 Å². The van der Waals surface area contributed by atoms with E-state index in [1.165, 1.54) is 5.56 Å². The van der Waals surface area contributed by atoms with E-state index in [9.17, 15) is 4.79 Å².